The number of amides is 3. The summed E-state index contributed by atoms with van der Waals surface area (Å²) in [7, 11) is 0. The topological polar surface area (TPSA) is 107 Å². The second-order valence-corrected chi connectivity index (χ2v) is 6.43. The minimum atomic E-state index is -1.36. The lowest BCUT2D eigenvalue weighted by atomic mass is 10.1. The first-order valence-electron chi connectivity index (χ1n) is 7.14. The number of benzene rings is 2. The highest BCUT2D eigenvalue weighted by Gasteiger charge is 2.36. The van der Waals surface area contributed by atoms with Gasteiger partial charge in [-0.15, -0.1) is 0 Å². The molecule has 0 atom stereocenters. The zero-order valence-corrected chi connectivity index (χ0v) is 14.8. The normalized spacial score (nSPS) is 12.9. The second kappa shape index (κ2) is 6.63. The summed E-state index contributed by atoms with van der Waals surface area (Å²) in [5, 5.41) is 13.5. The average molecular weight is 449 g/mol. The molecule has 7 nitrogen and oxygen atoms in total. The first kappa shape index (κ1) is 17.1. The molecule has 1 aliphatic rings. The first-order valence-corrected chi connectivity index (χ1v) is 8.22. The molecular weight excluding hydrogens is 439 g/mol. The Morgan fingerprint density at radius 2 is 1.64 bits per heavy atom. The second-order valence-electron chi connectivity index (χ2n) is 5.27. The van der Waals surface area contributed by atoms with E-state index in [4.69, 9.17) is 0 Å². The fourth-order valence-electron chi connectivity index (χ4n) is 2.49. The molecule has 3 rings (SSSR count). The first-order chi connectivity index (χ1) is 11.9. The summed E-state index contributed by atoms with van der Waals surface area (Å²) < 4.78 is 0.468. The van der Waals surface area contributed by atoms with Gasteiger partial charge in [-0.05, 0) is 52.9 Å². The van der Waals surface area contributed by atoms with Crippen molar-refractivity contribution in [2.24, 2.45) is 0 Å². The van der Waals surface area contributed by atoms with Crippen molar-refractivity contribution in [3.63, 3.8) is 0 Å². The van der Waals surface area contributed by atoms with Gasteiger partial charge in [-0.2, -0.15) is 0 Å². The average Bonchev–Trinajstić information content (AvgIpc) is 2.82. The number of carbonyl (C=O) groups is 4. The summed E-state index contributed by atoms with van der Waals surface area (Å²) in [6, 6.07) is 10.6. The maximum atomic E-state index is 12.2. The quantitative estimate of drug-likeness (QED) is 0.552. The summed E-state index contributed by atoms with van der Waals surface area (Å²) in [4.78, 5) is 48.5. The number of fused-ring (bicyclic) bond motifs is 1. The minimum absolute atomic E-state index is 0.0564. The molecule has 2 aromatic rings. The molecule has 0 aliphatic carbocycles. The van der Waals surface area contributed by atoms with Crippen LogP contribution in [0.4, 0.5) is 5.69 Å². The number of hydrogen-bond acceptors (Lipinski definition) is 5. The number of imide groups is 1. The third-order valence-corrected chi connectivity index (χ3v) is 4.59. The Balaban J connectivity index is 1.74. The minimum Gasteiger partial charge on any atom is -0.545 e. The van der Waals surface area contributed by atoms with E-state index in [9.17, 15) is 24.3 Å². The van der Waals surface area contributed by atoms with Crippen LogP contribution in [0.15, 0.2) is 42.5 Å². The number of aromatic carboxylic acids is 1. The van der Waals surface area contributed by atoms with E-state index in [-0.39, 0.29) is 22.4 Å². The van der Waals surface area contributed by atoms with Gasteiger partial charge >= 0.3 is 0 Å². The van der Waals surface area contributed by atoms with E-state index < -0.39 is 30.2 Å². The standard InChI is InChI=1S/C17H11IN2O5/c18-13-6-5-9(7-12(13)17(24)25)19-14(21)8-20-15(22)10-3-1-2-4-11(10)16(20)23/h1-7H,8H2,(H,19,21)(H,24,25)/p-1. The summed E-state index contributed by atoms with van der Waals surface area (Å²) >= 11 is 1.84. The van der Waals surface area contributed by atoms with Gasteiger partial charge < -0.3 is 15.2 Å². The van der Waals surface area contributed by atoms with Gasteiger partial charge in [0.25, 0.3) is 11.8 Å². The fourth-order valence-corrected chi connectivity index (χ4v) is 3.04. The molecule has 0 spiro atoms. The van der Waals surface area contributed by atoms with Crippen LogP contribution in [0.25, 0.3) is 0 Å². The van der Waals surface area contributed by atoms with Crippen LogP contribution in [0.3, 0.4) is 0 Å². The van der Waals surface area contributed by atoms with Crippen molar-refractivity contribution < 1.29 is 24.3 Å². The molecule has 0 fully saturated rings. The molecule has 25 heavy (non-hydrogen) atoms. The molecule has 1 heterocycles. The van der Waals surface area contributed by atoms with Gasteiger partial charge in [-0.25, -0.2) is 0 Å². The van der Waals surface area contributed by atoms with E-state index >= 15 is 0 Å². The third kappa shape index (κ3) is 3.25. The zero-order valence-electron chi connectivity index (χ0n) is 12.6. The molecule has 8 heteroatoms. The smallest absolute Gasteiger partial charge is 0.262 e. The number of rotatable bonds is 4. The number of nitrogens with zero attached hydrogens (tertiary/aromatic N) is 1. The van der Waals surface area contributed by atoms with E-state index in [1.807, 2.05) is 22.6 Å². The third-order valence-electron chi connectivity index (χ3n) is 3.65. The van der Waals surface area contributed by atoms with Crippen LogP contribution in [0, 0.1) is 3.57 Å². The predicted octanol–water partition coefficient (Wildman–Crippen LogP) is 0.889. The molecule has 0 aromatic heterocycles. The lowest BCUT2D eigenvalue weighted by Crippen LogP contribution is -2.37. The van der Waals surface area contributed by atoms with Gasteiger partial charge in [-0.3, -0.25) is 19.3 Å². The van der Waals surface area contributed by atoms with Gasteiger partial charge in [-0.1, -0.05) is 12.1 Å². The van der Waals surface area contributed by atoms with Crippen LogP contribution in [0.1, 0.15) is 31.1 Å². The molecule has 1 aliphatic heterocycles. The summed E-state index contributed by atoms with van der Waals surface area (Å²) in [6.45, 7) is -0.459. The molecular formula is C17H10IN2O5-. The van der Waals surface area contributed by atoms with E-state index in [0.29, 0.717) is 3.57 Å². The summed E-state index contributed by atoms with van der Waals surface area (Å²) in [5.41, 5.74) is 0.697. The predicted molar refractivity (Wildman–Crippen MR) is 93.9 cm³/mol. The van der Waals surface area contributed by atoms with Crippen LogP contribution in [0.5, 0.6) is 0 Å². The Bertz CT molecular complexity index is 890. The largest absolute Gasteiger partial charge is 0.545 e. The molecule has 0 unspecified atom stereocenters. The number of nitrogens with one attached hydrogen (secondary N) is 1. The summed E-state index contributed by atoms with van der Waals surface area (Å²) in [6.07, 6.45) is 0. The summed E-state index contributed by atoms with van der Waals surface area (Å²) in [5.74, 6) is -3.04. The van der Waals surface area contributed by atoms with E-state index in [1.165, 1.54) is 30.3 Å². The van der Waals surface area contributed by atoms with Crippen LogP contribution < -0.4 is 10.4 Å². The van der Waals surface area contributed by atoms with E-state index in [2.05, 4.69) is 5.32 Å². The number of hydrogen-bond donors (Lipinski definition) is 1. The molecule has 3 amide bonds. The number of halogens is 1. The van der Waals surface area contributed by atoms with Crippen molar-refractivity contribution >= 4 is 52.0 Å². The molecule has 1 N–H and O–H groups in total. The van der Waals surface area contributed by atoms with Crippen molar-refractivity contribution in [1.29, 1.82) is 0 Å². The molecule has 2 aromatic carbocycles. The number of carboxylic acid groups (broad SMARTS) is 1. The van der Waals surface area contributed by atoms with Crippen molar-refractivity contribution in [3.8, 4) is 0 Å². The molecule has 126 valence electrons. The van der Waals surface area contributed by atoms with E-state index in [0.717, 1.165) is 4.90 Å². The lowest BCUT2D eigenvalue weighted by Gasteiger charge is -2.14. The molecule has 0 radical (unpaired) electrons. The molecule has 0 saturated heterocycles. The Kier molecular flexibility index (Phi) is 4.53. The maximum Gasteiger partial charge on any atom is 0.262 e. The van der Waals surface area contributed by atoms with Gasteiger partial charge in [0.05, 0.1) is 17.1 Å². The fraction of sp³-hybridized carbons (Fsp3) is 0.0588. The molecule has 0 saturated carbocycles. The van der Waals surface area contributed by atoms with Gasteiger partial charge in [0.1, 0.15) is 6.54 Å². The Hall–Kier alpha value is -2.75. The van der Waals surface area contributed by atoms with Crippen LogP contribution in [0.2, 0.25) is 0 Å². The van der Waals surface area contributed by atoms with Crippen molar-refractivity contribution in [2.75, 3.05) is 11.9 Å². The highest BCUT2D eigenvalue weighted by Crippen LogP contribution is 2.22. The number of carboxylic acids is 1. The van der Waals surface area contributed by atoms with Crippen molar-refractivity contribution in [3.05, 3.63) is 62.7 Å². The van der Waals surface area contributed by atoms with E-state index in [1.54, 1.807) is 12.1 Å². The molecule has 0 bridgehead atoms. The van der Waals surface area contributed by atoms with Crippen LogP contribution >= 0.6 is 22.6 Å². The zero-order chi connectivity index (χ0) is 18.1. The van der Waals surface area contributed by atoms with Gasteiger partial charge in [0.15, 0.2) is 0 Å². The van der Waals surface area contributed by atoms with Crippen molar-refractivity contribution in [2.45, 2.75) is 0 Å². The lowest BCUT2D eigenvalue weighted by molar-refractivity contribution is -0.255. The van der Waals surface area contributed by atoms with Gasteiger partial charge in [0, 0.05) is 14.8 Å². The Morgan fingerprint density at radius 3 is 2.20 bits per heavy atom. The van der Waals surface area contributed by atoms with Crippen molar-refractivity contribution in [1.82, 2.24) is 4.90 Å². The van der Waals surface area contributed by atoms with Crippen LogP contribution in [-0.4, -0.2) is 35.1 Å². The Morgan fingerprint density at radius 1 is 1.04 bits per heavy atom. The SMILES string of the molecule is O=C(CN1C(=O)c2ccccc2C1=O)Nc1ccc(I)c(C(=O)[O-])c1. The highest BCUT2D eigenvalue weighted by atomic mass is 127. The number of carbonyl (C=O) groups excluding carboxylic acids is 4. The Labute approximate surface area is 155 Å². The monoisotopic (exact) mass is 449 g/mol. The number of anilines is 1. The van der Waals surface area contributed by atoms with Crippen LogP contribution in [-0.2, 0) is 4.79 Å². The van der Waals surface area contributed by atoms with Gasteiger partial charge in [0.2, 0.25) is 5.91 Å². The highest BCUT2D eigenvalue weighted by molar-refractivity contribution is 14.1. The maximum absolute atomic E-state index is 12.2.